The summed E-state index contributed by atoms with van der Waals surface area (Å²) < 4.78 is 11.0. The number of anilines is 1. The second-order valence-corrected chi connectivity index (χ2v) is 6.42. The molecule has 0 aliphatic carbocycles. The number of ether oxygens (including phenoxy) is 1. The average Bonchev–Trinajstić information content (AvgIpc) is 2.58. The van der Waals surface area contributed by atoms with Crippen molar-refractivity contribution in [1.82, 2.24) is 0 Å². The van der Waals surface area contributed by atoms with Crippen LogP contribution in [0.1, 0.15) is 22.3 Å². The standard InChI is InChI=1S/C21H21NO4/c1-12-6-5-7-13(2)20(12)22-18(23)11-25-17-9-8-16-14(3)10-19(24)26-21(16)15(17)4/h5-10H,11H2,1-4H3,(H,22,23). The Morgan fingerprint density at radius 1 is 1.04 bits per heavy atom. The molecule has 0 atom stereocenters. The number of amides is 1. The lowest BCUT2D eigenvalue weighted by Crippen LogP contribution is -2.21. The summed E-state index contributed by atoms with van der Waals surface area (Å²) in [5.41, 5.74) is 4.43. The number of carbonyl (C=O) groups excluding carboxylic acids is 1. The number of hydrogen-bond donors (Lipinski definition) is 1. The van der Waals surface area contributed by atoms with Crippen LogP contribution in [-0.2, 0) is 4.79 Å². The zero-order chi connectivity index (χ0) is 18.8. The molecule has 1 amide bonds. The van der Waals surface area contributed by atoms with E-state index in [4.69, 9.17) is 9.15 Å². The highest BCUT2D eigenvalue weighted by atomic mass is 16.5. The molecule has 0 radical (unpaired) electrons. The molecule has 0 bridgehead atoms. The fourth-order valence-electron chi connectivity index (χ4n) is 2.99. The van der Waals surface area contributed by atoms with E-state index < -0.39 is 5.63 Å². The minimum absolute atomic E-state index is 0.129. The SMILES string of the molecule is Cc1cccc(C)c1NC(=O)COc1ccc2c(C)cc(=O)oc2c1C. The molecule has 0 saturated carbocycles. The van der Waals surface area contributed by atoms with Gasteiger partial charge in [-0.05, 0) is 56.5 Å². The molecule has 0 unspecified atom stereocenters. The molecular weight excluding hydrogens is 330 g/mol. The molecule has 1 aromatic heterocycles. The number of carbonyl (C=O) groups is 1. The number of para-hydroxylation sites is 1. The van der Waals surface area contributed by atoms with Crippen molar-refractivity contribution in [2.24, 2.45) is 0 Å². The van der Waals surface area contributed by atoms with Crippen LogP contribution >= 0.6 is 0 Å². The van der Waals surface area contributed by atoms with E-state index in [1.165, 1.54) is 6.07 Å². The Morgan fingerprint density at radius 2 is 1.73 bits per heavy atom. The van der Waals surface area contributed by atoms with Crippen LogP contribution in [0.2, 0.25) is 0 Å². The number of fused-ring (bicyclic) bond motifs is 1. The Labute approximate surface area is 151 Å². The molecule has 134 valence electrons. The van der Waals surface area contributed by atoms with Gasteiger partial charge in [-0.1, -0.05) is 18.2 Å². The Bertz CT molecular complexity index is 1030. The molecule has 5 nitrogen and oxygen atoms in total. The first-order chi connectivity index (χ1) is 12.4. The van der Waals surface area contributed by atoms with E-state index in [2.05, 4.69) is 5.32 Å². The highest BCUT2D eigenvalue weighted by molar-refractivity contribution is 5.93. The maximum atomic E-state index is 12.3. The minimum atomic E-state index is -0.400. The lowest BCUT2D eigenvalue weighted by molar-refractivity contribution is -0.118. The summed E-state index contributed by atoms with van der Waals surface area (Å²) >= 11 is 0. The van der Waals surface area contributed by atoms with Gasteiger partial charge in [0.2, 0.25) is 0 Å². The van der Waals surface area contributed by atoms with E-state index >= 15 is 0 Å². The summed E-state index contributed by atoms with van der Waals surface area (Å²) in [5.74, 6) is 0.274. The highest BCUT2D eigenvalue weighted by Gasteiger charge is 2.12. The lowest BCUT2D eigenvalue weighted by atomic mass is 10.1. The van der Waals surface area contributed by atoms with E-state index in [0.717, 1.165) is 27.8 Å². The summed E-state index contributed by atoms with van der Waals surface area (Å²) in [6, 6.07) is 10.9. The van der Waals surface area contributed by atoms with Crippen LogP contribution in [0.3, 0.4) is 0 Å². The molecule has 0 fully saturated rings. The van der Waals surface area contributed by atoms with Crippen LogP contribution in [0.25, 0.3) is 11.0 Å². The van der Waals surface area contributed by atoms with Gasteiger partial charge in [0.15, 0.2) is 6.61 Å². The van der Waals surface area contributed by atoms with Crippen molar-refractivity contribution in [3.05, 3.63) is 69.1 Å². The molecule has 0 spiro atoms. The van der Waals surface area contributed by atoms with Gasteiger partial charge in [0.05, 0.1) is 0 Å². The van der Waals surface area contributed by atoms with Crippen LogP contribution in [0.5, 0.6) is 5.75 Å². The molecule has 3 aromatic rings. The Hall–Kier alpha value is -3.08. The van der Waals surface area contributed by atoms with Crippen molar-refractivity contribution in [2.45, 2.75) is 27.7 Å². The highest BCUT2D eigenvalue weighted by Crippen LogP contribution is 2.28. The molecule has 0 saturated heterocycles. The van der Waals surface area contributed by atoms with Crippen molar-refractivity contribution < 1.29 is 13.9 Å². The van der Waals surface area contributed by atoms with E-state index in [1.807, 2.05) is 52.0 Å². The predicted molar refractivity (Wildman–Crippen MR) is 102 cm³/mol. The number of nitrogens with one attached hydrogen (secondary N) is 1. The van der Waals surface area contributed by atoms with Crippen LogP contribution < -0.4 is 15.7 Å². The van der Waals surface area contributed by atoms with Gasteiger partial charge in [-0.25, -0.2) is 4.79 Å². The molecule has 3 rings (SSSR count). The maximum absolute atomic E-state index is 12.3. The summed E-state index contributed by atoms with van der Waals surface area (Å²) in [5, 5.41) is 3.74. The van der Waals surface area contributed by atoms with Gasteiger partial charge in [0.25, 0.3) is 5.91 Å². The summed E-state index contributed by atoms with van der Waals surface area (Å²) in [4.78, 5) is 23.9. The lowest BCUT2D eigenvalue weighted by Gasteiger charge is -2.13. The van der Waals surface area contributed by atoms with Crippen LogP contribution in [0.4, 0.5) is 5.69 Å². The van der Waals surface area contributed by atoms with Crippen molar-refractivity contribution in [3.63, 3.8) is 0 Å². The van der Waals surface area contributed by atoms with E-state index in [-0.39, 0.29) is 12.5 Å². The molecule has 0 aliphatic heterocycles. The van der Waals surface area contributed by atoms with Gasteiger partial charge >= 0.3 is 5.63 Å². The number of benzene rings is 2. The summed E-state index contributed by atoms with van der Waals surface area (Å²) in [7, 11) is 0. The van der Waals surface area contributed by atoms with Gasteiger partial charge in [0, 0.05) is 22.7 Å². The Kier molecular flexibility index (Phi) is 4.80. The van der Waals surface area contributed by atoms with Gasteiger partial charge in [-0.3, -0.25) is 4.79 Å². The number of aryl methyl sites for hydroxylation is 4. The van der Waals surface area contributed by atoms with E-state index in [1.54, 1.807) is 6.07 Å². The van der Waals surface area contributed by atoms with Crippen molar-refractivity contribution >= 4 is 22.6 Å². The minimum Gasteiger partial charge on any atom is -0.483 e. The first-order valence-corrected chi connectivity index (χ1v) is 8.39. The first-order valence-electron chi connectivity index (χ1n) is 8.39. The number of rotatable bonds is 4. The molecule has 1 heterocycles. The zero-order valence-corrected chi connectivity index (χ0v) is 15.3. The monoisotopic (exact) mass is 351 g/mol. The average molecular weight is 351 g/mol. The topological polar surface area (TPSA) is 68.5 Å². The Balaban J connectivity index is 1.78. The van der Waals surface area contributed by atoms with Crippen LogP contribution in [0.15, 0.2) is 45.6 Å². The normalized spacial score (nSPS) is 10.8. The third-order valence-electron chi connectivity index (χ3n) is 4.42. The summed E-state index contributed by atoms with van der Waals surface area (Å²) in [6.45, 7) is 7.43. The summed E-state index contributed by atoms with van der Waals surface area (Å²) in [6.07, 6.45) is 0. The second-order valence-electron chi connectivity index (χ2n) is 6.42. The second kappa shape index (κ2) is 7.04. The van der Waals surface area contributed by atoms with Gasteiger partial charge in [-0.15, -0.1) is 0 Å². The maximum Gasteiger partial charge on any atom is 0.336 e. The molecule has 5 heteroatoms. The molecular formula is C21H21NO4. The molecule has 2 aromatic carbocycles. The fourth-order valence-corrected chi connectivity index (χ4v) is 2.99. The molecule has 0 aliphatic rings. The first kappa shape index (κ1) is 17.7. The predicted octanol–water partition coefficient (Wildman–Crippen LogP) is 4.04. The third kappa shape index (κ3) is 3.47. The number of hydrogen-bond acceptors (Lipinski definition) is 4. The van der Waals surface area contributed by atoms with Gasteiger partial charge in [0.1, 0.15) is 11.3 Å². The van der Waals surface area contributed by atoms with E-state index in [9.17, 15) is 9.59 Å². The van der Waals surface area contributed by atoms with Gasteiger partial charge in [-0.2, -0.15) is 0 Å². The van der Waals surface area contributed by atoms with Crippen LogP contribution in [-0.4, -0.2) is 12.5 Å². The quantitative estimate of drug-likeness (QED) is 0.720. The smallest absolute Gasteiger partial charge is 0.336 e. The van der Waals surface area contributed by atoms with Crippen LogP contribution in [0, 0.1) is 27.7 Å². The zero-order valence-electron chi connectivity index (χ0n) is 15.3. The van der Waals surface area contributed by atoms with Crippen molar-refractivity contribution in [1.29, 1.82) is 0 Å². The van der Waals surface area contributed by atoms with Crippen molar-refractivity contribution in [3.8, 4) is 5.75 Å². The van der Waals surface area contributed by atoms with Crippen molar-refractivity contribution in [2.75, 3.05) is 11.9 Å². The Morgan fingerprint density at radius 3 is 2.42 bits per heavy atom. The fraction of sp³-hybridized carbons (Fsp3) is 0.238. The largest absolute Gasteiger partial charge is 0.483 e. The third-order valence-corrected chi connectivity index (χ3v) is 4.42. The van der Waals surface area contributed by atoms with E-state index in [0.29, 0.717) is 16.9 Å². The molecule has 26 heavy (non-hydrogen) atoms. The molecule has 1 N–H and O–H groups in total. The van der Waals surface area contributed by atoms with Gasteiger partial charge < -0.3 is 14.5 Å².